The first kappa shape index (κ1) is 10.0. The minimum absolute atomic E-state index is 0.156. The van der Waals surface area contributed by atoms with Crippen LogP contribution in [0.4, 0.5) is 8.78 Å². The number of benzene rings is 1. The standard InChI is InChI=1S/C12H12F2O2/c13-8-6-9(14)10(12(15)3-4-12)11-7(8)2-1-5-16-11/h6,15H,1-5H2. The molecule has 0 aromatic heterocycles. The molecule has 1 fully saturated rings. The van der Waals surface area contributed by atoms with E-state index in [1.165, 1.54) is 0 Å². The van der Waals surface area contributed by atoms with Crippen molar-refractivity contribution in [1.82, 2.24) is 0 Å². The van der Waals surface area contributed by atoms with Gasteiger partial charge in [-0.2, -0.15) is 0 Å². The molecule has 2 aliphatic rings. The average molecular weight is 226 g/mol. The van der Waals surface area contributed by atoms with Crippen molar-refractivity contribution in [2.75, 3.05) is 6.61 Å². The van der Waals surface area contributed by atoms with Crippen LogP contribution in [0.3, 0.4) is 0 Å². The van der Waals surface area contributed by atoms with Crippen LogP contribution >= 0.6 is 0 Å². The lowest BCUT2D eigenvalue weighted by atomic mass is 9.97. The van der Waals surface area contributed by atoms with Crippen molar-refractivity contribution in [2.45, 2.75) is 31.3 Å². The highest BCUT2D eigenvalue weighted by Gasteiger charge is 2.47. The summed E-state index contributed by atoms with van der Waals surface area (Å²) in [5.41, 5.74) is -0.564. The number of fused-ring (bicyclic) bond motifs is 1. The van der Waals surface area contributed by atoms with E-state index in [4.69, 9.17) is 4.74 Å². The molecule has 86 valence electrons. The van der Waals surface area contributed by atoms with Crippen LogP contribution in [0.25, 0.3) is 0 Å². The van der Waals surface area contributed by atoms with Crippen LogP contribution in [-0.2, 0) is 12.0 Å². The van der Waals surface area contributed by atoms with Gasteiger partial charge in [0.05, 0.1) is 17.8 Å². The maximum atomic E-state index is 13.7. The zero-order valence-corrected chi connectivity index (χ0v) is 8.72. The fourth-order valence-electron chi connectivity index (χ4n) is 2.26. The molecule has 1 aromatic rings. The van der Waals surface area contributed by atoms with Crippen molar-refractivity contribution in [3.63, 3.8) is 0 Å². The van der Waals surface area contributed by atoms with Crippen molar-refractivity contribution >= 4 is 0 Å². The first-order valence-electron chi connectivity index (χ1n) is 5.48. The highest BCUT2D eigenvalue weighted by molar-refractivity contribution is 5.49. The predicted octanol–water partition coefficient (Wildman–Crippen LogP) is 2.27. The molecule has 1 saturated carbocycles. The van der Waals surface area contributed by atoms with E-state index in [0.29, 0.717) is 31.4 Å². The minimum atomic E-state index is -1.13. The summed E-state index contributed by atoms with van der Waals surface area (Å²) in [6.07, 6.45) is 2.31. The Labute approximate surface area is 91.8 Å². The van der Waals surface area contributed by atoms with E-state index < -0.39 is 17.2 Å². The average Bonchev–Trinajstić information content (AvgIpc) is 2.97. The van der Waals surface area contributed by atoms with Crippen LogP contribution in [0.15, 0.2) is 6.07 Å². The maximum absolute atomic E-state index is 13.7. The lowest BCUT2D eigenvalue weighted by Crippen LogP contribution is -2.18. The second kappa shape index (κ2) is 3.17. The number of rotatable bonds is 1. The lowest BCUT2D eigenvalue weighted by molar-refractivity contribution is 0.138. The van der Waals surface area contributed by atoms with Gasteiger partial charge >= 0.3 is 0 Å². The van der Waals surface area contributed by atoms with Gasteiger partial charge in [-0.05, 0) is 25.7 Å². The van der Waals surface area contributed by atoms with E-state index in [9.17, 15) is 13.9 Å². The molecule has 1 heterocycles. The van der Waals surface area contributed by atoms with Gasteiger partial charge in [0, 0.05) is 11.6 Å². The van der Waals surface area contributed by atoms with Gasteiger partial charge in [0.25, 0.3) is 0 Å². The van der Waals surface area contributed by atoms with E-state index >= 15 is 0 Å². The van der Waals surface area contributed by atoms with Crippen molar-refractivity contribution < 1.29 is 18.6 Å². The Bertz CT molecular complexity index is 453. The SMILES string of the molecule is OC1(c2c(F)cc(F)c3c2OCCC3)CC1. The molecule has 2 nitrogen and oxygen atoms in total. The maximum Gasteiger partial charge on any atom is 0.135 e. The molecular weight excluding hydrogens is 214 g/mol. The van der Waals surface area contributed by atoms with Gasteiger partial charge in [0.2, 0.25) is 0 Å². The first-order chi connectivity index (χ1) is 7.62. The van der Waals surface area contributed by atoms with Gasteiger partial charge in [-0.1, -0.05) is 0 Å². The summed E-state index contributed by atoms with van der Waals surface area (Å²) >= 11 is 0. The molecule has 0 radical (unpaired) electrons. The third kappa shape index (κ3) is 1.33. The van der Waals surface area contributed by atoms with E-state index in [0.717, 1.165) is 12.5 Å². The van der Waals surface area contributed by atoms with Gasteiger partial charge in [-0.15, -0.1) is 0 Å². The zero-order valence-electron chi connectivity index (χ0n) is 8.72. The normalized spacial score (nSPS) is 21.2. The molecule has 0 saturated heterocycles. The Morgan fingerprint density at radius 3 is 2.69 bits per heavy atom. The van der Waals surface area contributed by atoms with Crippen LogP contribution in [0.5, 0.6) is 5.75 Å². The molecule has 1 aromatic carbocycles. The van der Waals surface area contributed by atoms with E-state index in [1.807, 2.05) is 0 Å². The van der Waals surface area contributed by atoms with Crippen molar-refractivity contribution in [1.29, 1.82) is 0 Å². The van der Waals surface area contributed by atoms with Gasteiger partial charge in [-0.3, -0.25) is 0 Å². The third-order valence-electron chi connectivity index (χ3n) is 3.29. The Balaban J connectivity index is 2.23. The van der Waals surface area contributed by atoms with Crippen LogP contribution in [0.1, 0.15) is 30.4 Å². The van der Waals surface area contributed by atoms with Gasteiger partial charge < -0.3 is 9.84 Å². The van der Waals surface area contributed by atoms with Crippen molar-refractivity contribution in [3.8, 4) is 5.75 Å². The number of aliphatic hydroxyl groups is 1. The van der Waals surface area contributed by atoms with E-state index in [1.54, 1.807) is 0 Å². The summed E-state index contributed by atoms with van der Waals surface area (Å²) in [4.78, 5) is 0. The summed E-state index contributed by atoms with van der Waals surface area (Å²) in [6.45, 7) is 0.457. The minimum Gasteiger partial charge on any atom is -0.493 e. The zero-order chi connectivity index (χ0) is 11.3. The number of hydrogen-bond donors (Lipinski definition) is 1. The van der Waals surface area contributed by atoms with Crippen LogP contribution < -0.4 is 4.74 Å². The largest absolute Gasteiger partial charge is 0.493 e. The molecule has 1 aliphatic carbocycles. The summed E-state index contributed by atoms with van der Waals surface area (Å²) in [5.74, 6) is -1.03. The first-order valence-corrected chi connectivity index (χ1v) is 5.48. The second-order valence-electron chi connectivity index (χ2n) is 4.51. The third-order valence-corrected chi connectivity index (χ3v) is 3.29. The fraction of sp³-hybridized carbons (Fsp3) is 0.500. The fourth-order valence-corrected chi connectivity index (χ4v) is 2.26. The van der Waals surface area contributed by atoms with Crippen molar-refractivity contribution in [3.05, 3.63) is 28.8 Å². The molecule has 0 unspecified atom stereocenters. The number of ether oxygens (including phenoxy) is 1. The van der Waals surface area contributed by atoms with Crippen LogP contribution in [-0.4, -0.2) is 11.7 Å². The smallest absolute Gasteiger partial charge is 0.135 e. The predicted molar refractivity (Wildman–Crippen MR) is 53.3 cm³/mol. The topological polar surface area (TPSA) is 29.5 Å². The highest BCUT2D eigenvalue weighted by atomic mass is 19.1. The Morgan fingerprint density at radius 1 is 1.25 bits per heavy atom. The lowest BCUT2D eigenvalue weighted by Gasteiger charge is -2.23. The highest BCUT2D eigenvalue weighted by Crippen LogP contribution is 2.51. The summed E-state index contributed by atoms with van der Waals surface area (Å²) in [5, 5.41) is 9.99. The molecule has 16 heavy (non-hydrogen) atoms. The van der Waals surface area contributed by atoms with E-state index in [-0.39, 0.29) is 11.3 Å². The molecule has 0 atom stereocenters. The molecule has 1 aliphatic heterocycles. The second-order valence-corrected chi connectivity index (χ2v) is 4.51. The Hall–Kier alpha value is -1.16. The Morgan fingerprint density at radius 2 is 2.00 bits per heavy atom. The van der Waals surface area contributed by atoms with Gasteiger partial charge in [0.15, 0.2) is 0 Å². The summed E-state index contributed by atoms with van der Waals surface area (Å²) < 4.78 is 32.6. The van der Waals surface area contributed by atoms with Crippen LogP contribution in [0.2, 0.25) is 0 Å². The Kier molecular flexibility index (Phi) is 1.98. The molecule has 0 amide bonds. The number of halogens is 2. The van der Waals surface area contributed by atoms with Gasteiger partial charge in [0.1, 0.15) is 17.4 Å². The van der Waals surface area contributed by atoms with E-state index in [2.05, 4.69) is 0 Å². The molecule has 0 spiro atoms. The molecule has 3 rings (SSSR count). The summed E-state index contributed by atoms with van der Waals surface area (Å²) in [7, 11) is 0. The quantitative estimate of drug-likeness (QED) is 0.796. The van der Waals surface area contributed by atoms with Gasteiger partial charge in [-0.25, -0.2) is 8.78 Å². The molecular formula is C12H12F2O2. The molecule has 0 bridgehead atoms. The summed E-state index contributed by atoms with van der Waals surface area (Å²) in [6, 6.07) is 0.860. The van der Waals surface area contributed by atoms with Crippen molar-refractivity contribution in [2.24, 2.45) is 0 Å². The van der Waals surface area contributed by atoms with Crippen LogP contribution in [0, 0.1) is 11.6 Å². The number of hydrogen-bond acceptors (Lipinski definition) is 2. The molecule has 1 N–H and O–H groups in total. The molecule has 4 heteroatoms. The monoisotopic (exact) mass is 226 g/mol.